The molecule has 0 bridgehead atoms. The molecule has 0 fully saturated rings. The lowest BCUT2D eigenvalue weighted by atomic mass is 9.98. The molecule has 1 unspecified atom stereocenters. The quantitative estimate of drug-likeness (QED) is 0.576. The second kappa shape index (κ2) is 8.49. The van der Waals surface area contributed by atoms with Crippen molar-refractivity contribution in [1.29, 1.82) is 0 Å². The molecule has 0 aromatic heterocycles. The van der Waals surface area contributed by atoms with Crippen LogP contribution in [0, 0.1) is 40.5 Å². The Hall–Kier alpha value is -2.62. The summed E-state index contributed by atoms with van der Waals surface area (Å²) in [4.78, 5) is 9.35. The summed E-state index contributed by atoms with van der Waals surface area (Å²) in [5.41, 5.74) is 11.9. The maximum atomic E-state index is 2.49. The number of nitrogens with zero attached hydrogens (tertiary/aromatic N) is 4. The van der Waals surface area contributed by atoms with Crippen molar-refractivity contribution in [2.45, 2.75) is 54.6 Å². The summed E-state index contributed by atoms with van der Waals surface area (Å²) in [7, 11) is 8.46. The molecule has 1 aliphatic heterocycles. The van der Waals surface area contributed by atoms with Gasteiger partial charge in [0, 0.05) is 63.3 Å². The second-order valence-corrected chi connectivity index (χ2v) is 9.80. The predicted octanol–water partition coefficient (Wildman–Crippen LogP) is 6.14. The fraction of sp³-hybridized carbons (Fsp3) is 0.481. The maximum absolute atomic E-state index is 2.49. The van der Waals surface area contributed by atoms with Gasteiger partial charge in [0.25, 0.3) is 0 Å². The first-order chi connectivity index (χ1) is 14.5. The molecule has 1 aliphatic rings. The Kier molecular flexibility index (Phi) is 6.31. The third-order valence-electron chi connectivity index (χ3n) is 6.57. The summed E-state index contributed by atoms with van der Waals surface area (Å²) in [6, 6.07) is 6.92. The van der Waals surface area contributed by atoms with Crippen LogP contribution in [0.15, 0.2) is 30.6 Å². The largest absolute Gasteiger partial charge is 0.378 e. The molecule has 2 aromatic carbocycles. The van der Waals surface area contributed by atoms with E-state index >= 15 is 0 Å². The average molecular weight is 421 g/mol. The van der Waals surface area contributed by atoms with Gasteiger partial charge in [0.2, 0.25) is 0 Å². The third-order valence-corrected chi connectivity index (χ3v) is 6.57. The second-order valence-electron chi connectivity index (χ2n) is 9.80. The van der Waals surface area contributed by atoms with E-state index in [2.05, 4.69) is 127 Å². The number of benzene rings is 2. The Morgan fingerprint density at radius 2 is 1.16 bits per heavy atom. The number of rotatable bonds is 5. The first-order valence-electron chi connectivity index (χ1n) is 11.3. The van der Waals surface area contributed by atoms with Crippen molar-refractivity contribution < 1.29 is 0 Å². The summed E-state index contributed by atoms with van der Waals surface area (Å²) in [5, 5.41) is 0. The van der Waals surface area contributed by atoms with E-state index in [-0.39, 0.29) is 6.17 Å². The number of hydrogen-bond acceptors (Lipinski definition) is 4. The van der Waals surface area contributed by atoms with Gasteiger partial charge in [0.1, 0.15) is 6.17 Å². The fourth-order valence-corrected chi connectivity index (χ4v) is 5.02. The van der Waals surface area contributed by atoms with Crippen LogP contribution >= 0.6 is 0 Å². The van der Waals surface area contributed by atoms with Gasteiger partial charge in [-0.05, 0) is 86.6 Å². The molecule has 3 rings (SSSR count). The molecule has 0 aliphatic carbocycles. The van der Waals surface area contributed by atoms with E-state index < -0.39 is 0 Å². The fourth-order valence-electron chi connectivity index (χ4n) is 5.02. The highest BCUT2D eigenvalue weighted by Crippen LogP contribution is 2.41. The molecular formula is C27H40N4. The lowest BCUT2D eigenvalue weighted by molar-refractivity contribution is 0.499. The van der Waals surface area contributed by atoms with Crippen LogP contribution in [0.5, 0.6) is 0 Å². The Bertz CT molecular complexity index is 978. The Labute approximate surface area is 189 Å². The minimum absolute atomic E-state index is 0.240. The standard InChI is InChI=1S/C27H40N4/c1-17(2)27-30(25-18(3)14-23(28(8)9)15-19(25)4)12-13-31(27)26-20(5)16-24(29(10)11)21(6)22(26)7/h12-17,27H,1-11H3. The molecular weight excluding hydrogens is 380 g/mol. The molecule has 168 valence electrons. The Morgan fingerprint density at radius 3 is 1.61 bits per heavy atom. The molecule has 0 amide bonds. The van der Waals surface area contributed by atoms with Gasteiger partial charge in [-0.3, -0.25) is 0 Å². The molecule has 1 heterocycles. The summed E-state index contributed by atoms with van der Waals surface area (Å²) >= 11 is 0. The van der Waals surface area contributed by atoms with Crippen LogP contribution in [-0.2, 0) is 0 Å². The number of anilines is 4. The van der Waals surface area contributed by atoms with Gasteiger partial charge >= 0.3 is 0 Å². The summed E-state index contributed by atoms with van der Waals surface area (Å²) in [6.45, 7) is 15.9. The zero-order valence-electron chi connectivity index (χ0n) is 21.3. The molecule has 1 atom stereocenters. The molecule has 4 heteroatoms. The molecule has 0 radical (unpaired) electrons. The molecule has 0 N–H and O–H groups in total. The summed E-state index contributed by atoms with van der Waals surface area (Å²) in [6.07, 6.45) is 4.78. The smallest absolute Gasteiger partial charge is 0.112 e. The topological polar surface area (TPSA) is 13.0 Å². The summed E-state index contributed by atoms with van der Waals surface area (Å²) < 4.78 is 0. The first kappa shape index (κ1) is 23.1. The van der Waals surface area contributed by atoms with Gasteiger partial charge in [-0.15, -0.1) is 0 Å². The van der Waals surface area contributed by atoms with Crippen LogP contribution in [-0.4, -0.2) is 34.4 Å². The highest BCUT2D eigenvalue weighted by Gasteiger charge is 2.34. The van der Waals surface area contributed by atoms with E-state index in [4.69, 9.17) is 0 Å². The van der Waals surface area contributed by atoms with Crippen LogP contribution in [0.1, 0.15) is 41.7 Å². The normalized spacial score (nSPS) is 15.9. The van der Waals surface area contributed by atoms with Crippen molar-refractivity contribution in [3.05, 3.63) is 58.4 Å². The molecule has 0 saturated heterocycles. The summed E-state index contributed by atoms with van der Waals surface area (Å²) in [5.74, 6) is 0.454. The van der Waals surface area contributed by atoms with Crippen LogP contribution in [0.4, 0.5) is 22.7 Å². The van der Waals surface area contributed by atoms with E-state index in [0.717, 1.165) is 0 Å². The van der Waals surface area contributed by atoms with Crippen molar-refractivity contribution in [2.75, 3.05) is 47.8 Å². The molecule has 0 spiro atoms. The van der Waals surface area contributed by atoms with Gasteiger partial charge in [0.15, 0.2) is 0 Å². The van der Waals surface area contributed by atoms with E-state index in [1.165, 1.54) is 50.6 Å². The number of hydrogen-bond donors (Lipinski definition) is 0. The zero-order valence-corrected chi connectivity index (χ0v) is 21.3. The van der Waals surface area contributed by atoms with E-state index in [9.17, 15) is 0 Å². The van der Waals surface area contributed by atoms with Gasteiger partial charge < -0.3 is 19.6 Å². The van der Waals surface area contributed by atoms with Crippen molar-refractivity contribution in [3.8, 4) is 0 Å². The Balaban J connectivity index is 2.11. The lowest BCUT2D eigenvalue weighted by Crippen LogP contribution is -2.44. The highest BCUT2D eigenvalue weighted by atomic mass is 15.4. The number of aryl methyl sites for hydroxylation is 3. The van der Waals surface area contributed by atoms with Crippen LogP contribution in [0.3, 0.4) is 0 Å². The van der Waals surface area contributed by atoms with Crippen molar-refractivity contribution in [3.63, 3.8) is 0 Å². The van der Waals surface area contributed by atoms with E-state index in [0.29, 0.717) is 5.92 Å². The third kappa shape index (κ3) is 4.00. The van der Waals surface area contributed by atoms with Crippen molar-refractivity contribution in [1.82, 2.24) is 0 Å². The van der Waals surface area contributed by atoms with Gasteiger partial charge in [0.05, 0.1) is 0 Å². The van der Waals surface area contributed by atoms with Gasteiger partial charge in [-0.1, -0.05) is 13.8 Å². The molecule has 2 aromatic rings. The average Bonchev–Trinajstić information content (AvgIpc) is 3.08. The Morgan fingerprint density at radius 1 is 0.677 bits per heavy atom. The SMILES string of the molecule is Cc1cc(N(C)C)cc(C)c1N1C=CN(c2c(C)cc(N(C)C)c(C)c2C)C1C(C)C. The van der Waals surface area contributed by atoms with E-state index in [1.54, 1.807) is 0 Å². The van der Waals surface area contributed by atoms with Crippen molar-refractivity contribution >= 4 is 22.7 Å². The van der Waals surface area contributed by atoms with Crippen LogP contribution in [0.2, 0.25) is 0 Å². The lowest BCUT2D eigenvalue weighted by Gasteiger charge is -2.39. The van der Waals surface area contributed by atoms with Crippen molar-refractivity contribution in [2.24, 2.45) is 5.92 Å². The predicted molar refractivity (Wildman–Crippen MR) is 138 cm³/mol. The van der Waals surface area contributed by atoms with Crippen LogP contribution in [0.25, 0.3) is 0 Å². The maximum Gasteiger partial charge on any atom is 0.112 e. The minimum Gasteiger partial charge on any atom is -0.378 e. The van der Waals surface area contributed by atoms with E-state index in [1.807, 2.05) is 0 Å². The van der Waals surface area contributed by atoms with Gasteiger partial charge in [-0.2, -0.15) is 0 Å². The monoisotopic (exact) mass is 420 g/mol. The highest BCUT2D eigenvalue weighted by molar-refractivity contribution is 5.75. The van der Waals surface area contributed by atoms with Crippen LogP contribution < -0.4 is 19.6 Å². The van der Waals surface area contributed by atoms with Gasteiger partial charge in [-0.25, -0.2) is 0 Å². The zero-order chi connectivity index (χ0) is 23.2. The molecule has 31 heavy (non-hydrogen) atoms. The molecule has 4 nitrogen and oxygen atoms in total. The minimum atomic E-state index is 0.240. The molecule has 0 saturated carbocycles. The first-order valence-corrected chi connectivity index (χ1v) is 11.3.